The Bertz CT molecular complexity index is 273. The largest absolute Gasteiger partial charge is 0.444 e. The molecule has 0 N–H and O–H groups in total. The Kier molecular flexibility index (Phi) is 2.12. The van der Waals surface area contributed by atoms with Gasteiger partial charge in [0, 0.05) is 7.05 Å². The van der Waals surface area contributed by atoms with E-state index in [2.05, 4.69) is 4.98 Å². The van der Waals surface area contributed by atoms with Gasteiger partial charge in [-0.3, -0.25) is 0 Å². The van der Waals surface area contributed by atoms with Crippen molar-refractivity contribution in [3.8, 4) is 6.19 Å². The van der Waals surface area contributed by atoms with Crippen molar-refractivity contribution >= 4 is 0 Å². The Balaban J connectivity index is 2.59. The maximum Gasteiger partial charge on any atom is 0.214 e. The molecule has 11 heavy (non-hydrogen) atoms. The van der Waals surface area contributed by atoms with Gasteiger partial charge in [0.15, 0.2) is 6.19 Å². The molecule has 0 aromatic carbocycles. The second-order valence-electron chi connectivity index (χ2n) is 2.32. The summed E-state index contributed by atoms with van der Waals surface area (Å²) in [7, 11) is 1.68. The van der Waals surface area contributed by atoms with Crippen LogP contribution < -0.4 is 0 Å². The summed E-state index contributed by atoms with van der Waals surface area (Å²) in [6.07, 6.45) is 3.60. The first-order valence-electron chi connectivity index (χ1n) is 3.24. The standard InChI is InChI=1S/C7H9N3O/c1-6-3-9-7(11-6)4-10(2)5-8/h3H,4H2,1-2H3. The lowest BCUT2D eigenvalue weighted by Crippen LogP contribution is -2.09. The number of oxazole rings is 1. The summed E-state index contributed by atoms with van der Waals surface area (Å²) in [6, 6.07) is 0. The number of aryl methyl sites for hydroxylation is 1. The summed E-state index contributed by atoms with van der Waals surface area (Å²) in [6.45, 7) is 2.26. The normalized spacial score (nSPS) is 9.18. The molecule has 0 fully saturated rings. The fourth-order valence-electron chi connectivity index (χ4n) is 0.713. The van der Waals surface area contributed by atoms with E-state index in [1.165, 1.54) is 4.90 Å². The molecule has 0 unspecified atom stereocenters. The molecule has 0 aliphatic heterocycles. The Labute approximate surface area is 65.1 Å². The van der Waals surface area contributed by atoms with E-state index in [-0.39, 0.29) is 0 Å². The van der Waals surface area contributed by atoms with Gasteiger partial charge in [0.2, 0.25) is 5.89 Å². The van der Waals surface area contributed by atoms with Crippen LogP contribution >= 0.6 is 0 Å². The third-order valence-electron chi connectivity index (χ3n) is 1.21. The van der Waals surface area contributed by atoms with Crippen LogP contribution in [0.5, 0.6) is 0 Å². The molecule has 1 heterocycles. The number of aromatic nitrogens is 1. The Morgan fingerprint density at radius 3 is 3.00 bits per heavy atom. The highest BCUT2D eigenvalue weighted by Crippen LogP contribution is 2.02. The lowest BCUT2D eigenvalue weighted by molar-refractivity contribution is 0.374. The van der Waals surface area contributed by atoms with Crippen LogP contribution in [0.2, 0.25) is 0 Å². The van der Waals surface area contributed by atoms with Crippen LogP contribution in [-0.2, 0) is 6.54 Å². The highest BCUT2D eigenvalue weighted by atomic mass is 16.4. The molecule has 0 amide bonds. The molecule has 1 aromatic heterocycles. The van der Waals surface area contributed by atoms with E-state index in [9.17, 15) is 0 Å². The molecule has 4 heteroatoms. The fourth-order valence-corrected chi connectivity index (χ4v) is 0.713. The first-order valence-corrected chi connectivity index (χ1v) is 3.24. The first kappa shape index (κ1) is 7.61. The maximum atomic E-state index is 8.41. The second-order valence-corrected chi connectivity index (χ2v) is 2.32. The predicted molar refractivity (Wildman–Crippen MR) is 38.3 cm³/mol. The van der Waals surface area contributed by atoms with E-state index in [0.29, 0.717) is 12.4 Å². The van der Waals surface area contributed by atoms with Gasteiger partial charge < -0.3 is 9.32 Å². The van der Waals surface area contributed by atoms with E-state index >= 15 is 0 Å². The van der Waals surface area contributed by atoms with Crippen LogP contribution in [0.15, 0.2) is 10.6 Å². The maximum absolute atomic E-state index is 8.41. The third kappa shape index (κ3) is 1.97. The SMILES string of the molecule is Cc1cnc(CN(C)C#N)o1. The molecule has 0 spiro atoms. The second kappa shape index (κ2) is 3.06. The van der Waals surface area contributed by atoms with E-state index in [4.69, 9.17) is 9.68 Å². The summed E-state index contributed by atoms with van der Waals surface area (Å²) in [5, 5.41) is 8.41. The number of rotatable bonds is 2. The van der Waals surface area contributed by atoms with Gasteiger partial charge >= 0.3 is 0 Å². The topological polar surface area (TPSA) is 53.1 Å². The van der Waals surface area contributed by atoms with Gasteiger partial charge in [0.1, 0.15) is 12.3 Å². The average molecular weight is 151 g/mol. The predicted octanol–water partition coefficient (Wildman–Crippen LogP) is 0.896. The summed E-state index contributed by atoms with van der Waals surface area (Å²) in [4.78, 5) is 5.39. The van der Waals surface area contributed by atoms with E-state index in [0.717, 1.165) is 5.76 Å². The number of hydrogen-bond acceptors (Lipinski definition) is 4. The minimum absolute atomic E-state index is 0.435. The lowest BCUT2D eigenvalue weighted by Gasteiger charge is -2.02. The monoisotopic (exact) mass is 151 g/mol. The summed E-state index contributed by atoms with van der Waals surface area (Å²) >= 11 is 0. The zero-order valence-corrected chi connectivity index (χ0v) is 6.53. The number of nitrogens with zero attached hydrogens (tertiary/aromatic N) is 3. The summed E-state index contributed by atoms with van der Waals surface area (Å²) in [5.74, 6) is 1.35. The molecule has 58 valence electrons. The number of nitriles is 1. The highest BCUT2D eigenvalue weighted by Gasteiger charge is 2.02. The van der Waals surface area contributed by atoms with Crippen molar-refractivity contribution in [1.82, 2.24) is 9.88 Å². The fraction of sp³-hybridized carbons (Fsp3) is 0.429. The lowest BCUT2D eigenvalue weighted by atomic mass is 10.6. The molecular formula is C7H9N3O. The van der Waals surface area contributed by atoms with Gasteiger partial charge in [-0.2, -0.15) is 5.26 Å². The van der Waals surface area contributed by atoms with Crippen molar-refractivity contribution in [2.45, 2.75) is 13.5 Å². The number of hydrogen-bond donors (Lipinski definition) is 0. The molecule has 0 aliphatic carbocycles. The van der Waals surface area contributed by atoms with Crippen molar-refractivity contribution in [2.75, 3.05) is 7.05 Å². The first-order chi connectivity index (χ1) is 5.22. The molecule has 4 nitrogen and oxygen atoms in total. The van der Waals surface area contributed by atoms with E-state index in [1.807, 2.05) is 13.1 Å². The Hall–Kier alpha value is -1.50. The van der Waals surface area contributed by atoms with Crippen LogP contribution in [0.1, 0.15) is 11.7 Å². The van der Waals surface area contributed by atoms with Crippen LogP contribution in [0, 0.1) is 18.4 Å². The van der Waals surface area contributed by atoms with Gasteiger partial charge in [-0.05, 0) is 6.92 Å². The average Bonchev–Trinajstić information content (AvgIpc) is 2.35. The smallest absolute Gasteiger partial charge is 0.214 e. The van der Waals surface area contributed by atoms with Crippen LogP contribution in [0.3, 0.4) is 0 Å². The molecule has 0 bridgehead atoms. The molecule has 0 saturated heterocycles. The summed E-state index contributed by atoms with van der Waals surface area (Å²) < 4.78 is 5.15. The van der Waals surface area contributed by atoms with Crippen molar-refractivity contribution < 1.29 is 4.42 Å². The summed E-state index contributed by atoms with van der Waals surface area (Å²) in [5.41, 5.74) is 0. The van der Waals surface area contributed by atoms with Crippen molar-refractivity contribution in [1.29, 1.82) is 5.26 Å². The van der Waals surface area contributed by atoms with Gasteiger partial charge in [-0.25, -0.2) is 4.98 Å². The zero-order chi connectivity index (χ0) is 8.27. The van der Waals surface area contributed by atoms with Crippen molar-refractivity contribution in [2.24, 2.45) is 0 Å². The van der Waals surface area contributed by atoms with Crippen molar-refractivity contribution in [3.05, 3.63) is 17.8 Å². The van der Waals surface area contributed by atoms with E-state index in [1.54, 1.807) is 13.2 Å². The molecule has 1 rings (SSSR count). The van der Waals surface area contributed by atoms with Gasteiger partial charge in [0.25, 0.3) is 0 Å². The van der Waals surface area contributed by atoms with Crippen LogP contribution in [0.4, 0.5) is 0 Å². The van der Waals surface area contributed by atoms with Crippen LogP contribution in [0.25, 0.3) is 0 Å². The molecule has 0 radical (unpaired) electrons. The van der Waals surface area contributed by atoms with Gasteiger partial charge in [0.05, 0.1) is 6.20 Å². The van der Waals surface area contributed by atoms with Crippen molar-refractivity contribution in [3.63, 3.8) is 0 Å². The van der Waals surface area contributed by atoms with E-state index < -0.39 is 0 Å². The molecule has 0 aliphatic rings. The van der Waals surface area contributed by atoms with Gasteiger partial charge in [-0.15, -0.1) is 0 Å². The Morgan fingerprint density at radius 1 is 1.82 bits per heavy atom. The molecular weight excluding hydrogens is 142 g/mol. The van der Waals surface area contributed by atoms with Gasteiger partial charge in [-0.1, -0.05) is 0 Å². The van der Waals surface area contributed by atoms with Crippen LogP contribution in [-0.4, -0.2) is 16.9 Å². The third-order valence-corrected chi connectivity index (χ3v) is 1.21. The zero-order valence-electron chi connectivity index (χ0n) is 6.53. The highest BCUT2D eigenvalue weighted by molar-refractivity contribution is 4.91. The molecule has 0 atom stereocenters. The quantitative estimate of drug-likeness (QED) is 0.465. The Morgan fingerprint density at radius 2 is 2.55 bits per heavy atom. The minimum atomic E-state index is 0.435. The molecule has 1 aromatic rings. The minimum Gasteiger partial charge on any atom is -0.444 e. The molecule has 0 saturated carbocycles.